The fourth-order valence-corrected chi connectivity index (χ4v) is 3.35. The number of hydrogen-bond acceptors (Lipinski definition) is 6. The van der Waals surface area contributed by atoms with E-state index >= 15 is 0 Å². The zero-order valence-corrected chi connectivity index (χ0v) is 18.0. The lowest BCUT2D eigenvalue weighted by atomic mass is 10.1. The highest BCUT2D eigenvalue weighted by atomic mass is 35.5. The van der Waals surface area contributed by atoms with E-state index in [9.17, 15) is 5.26 Å². The summed E-state index contributed by atoms with van der Waals surface area (Å²) in [7, 11) is 9.41. The third-order valence-corrected chi connectivity index (χ3v) is 5.12. The number of nitriles is 1. The lowest BCUT2D eigenvalue weighted by molar-refractivity contribution is 0.355. The Bertz CT molecular complexity index is 812. The van der Waals surface area contributed by atoms with Crippen molar-refractivity contribution in [3.63, 3.8) is 0 Å². The van der Waals surface area contributed by atoms with Crippen molar-refractivity contribution in [2.45, 2.75) is 0 Å². The van der Waals surface area contributed by atoms with E-state index in [1.54, 1.807) is 25.6 Å². The summed E-state index contributed by atoms with van der Waals surface area (Å²) in [6.45, 7) is 1.95. The van der Waals surface area contributed by atoms with Crippen LogP contribution >= 0.6 is 23.7 Å². The molecule has 0 fully saturated rings. The number of ether oxygens (including phenoxy) is 2. The molecule has 1 aromatic carbocycles. The molecule has 1 heterocycles. The van der Waals surface area contributed by atoms with E-state index in [0.29, 0.717) is 17.1 Å². The van der Waals surface area contributed by atoms with Gasteiger partial charge in [-0.1, -0.05) is 0 Å². The van der Waals surface area contributed by atoms with E-state index in [4.69, 9.17) is 9.47 Å². The van der Waals surface area contributed by atoms with Crippen LogP contribution in [-0.2, 0) is 0 Å². The van der Waals surface area contributed by atoms with Gasteiger partial charge in [0.1, 0.15) is 0 Å². The number of thiophene rings is 1. The largest absolute Gasteiger partial charge is 0.493 e. The summed E-state index contributed by atoms with van der Waals surface area (Å²) in [6, 6.07) is 11.9. The number of methoxy groups -OCH3 is 2. The second-order valence-corrected chi connectivity index (χ2v) is 7.23. The fraction of sp³-hybridized carbons (Fsp3) is 0.350. The first-order chi connectivity index (χ1) is 12.5. The summed E-state index contributed by atoms with van der Waals surface area (Å²) in [6.07, 6.45) is 1.91. The molecule has 7 heteroatoms. The standard InChI is InChI=1S/C20H25N3O2S.ClH/c1-22(2)10-11-23(3)20-9-7-17(26-20)12-16(14-21)15-6-8-18(24-4)19(13-15)25-5;/h6-9,12-13H,10-11H2,1-5H3;1H. The summed E-state index contributed by atoms with van der Waals surface area (Å²) < 4.78 is 10.6. The Morgan fingerprint density at radius 3 is 2.37 bits per heavy atom. The Morgan fingerprint density at radius 1 is 1.07 bits per heavy atom. The predicted molar refractivity (Wildman–Crippen MR) is 116 cm³/mol. The SMILES string of the molecule is COc1ccc(C(C#N)=Cc2ccc(N(C)CCN(C)C)s2)cc1OC.Cl. The van der Waals surface area contributed by atoms with Crippen molar-refractivity contribution in [1.82, 2.24) is 4.90 Å². The van der Waals surface area contributed by atoms with Gasteiger partial charge >= 0.3 is 0 Å². The van der Waals surface area contributed by atoms with Gasteiger partial charge < -0.3 is 19.3 Å². The maximum Gasteiger partial charge on any atom is 0.161 e. The Balaban J connectivity index is 0.00000364. The number of likely N-dealkylation sites (N-methyl/N-ethyl adjacent to an activating group) is 2. The molecule has 146 valence electrons. The average molecular weight is 408 g/mol. The first kappa shape index (κ1) is 22.8. The number of nitrogens with zero attached hydrogens (tertiary/aromatic N) is 3. The molecular formula is C20H26ClN3O2S. The predicted octanol–water partition coefficient (Wildman–Crippen LogP) is 4.25. The third-order valence-electron chi connectivity index (χ3n) is 3.97. The Labute approximate surface area is 171 Å². The van der Waals surface area contributed by atoms with Gasteiger partial charge in [0.15, 0.2) is 11.5 Å². The minimum absolute atomic E-state index is 0. The summed E-state index contributed by atoms with van der Waals surface area (Å²) in [5.41, 5.74) is 1.40. The van der Waals surface area contributed by atoms with Gasteiger partial charge in [-0.15, -0.1) is 23.7 Å². The zero-order chi connectivity index (χ0) is 19.1. The van der Waals surface area contributed by atoms with Gasteiger partial charge in [0.25, 0.3) is 0 Å². The number of benzene rings is 1. The van der Waals surface area contributed by atoms with Gasteiger partial charge in [-0.25, -0.2) is 0 Å². The van der Waals surface area contributed by atoms with Crippen molar-refractivity contribution >= 4 is 40.4 Å². The summed E-state index contributed by atoms with van der Waals surface area (Å²) in [5.74, 6) is 1.26. The van der Waals surface area contributed by atoms with E-state index < -0.39 is 0 Å². The molecule has 27 heavy (non-hydrogen) atoms. The molecule has 0 aliphatic carbocycles. The smallest absolute Gasteiger partial charge is 0.161 e. The van der Waals surface area contributed by atoms with Crippen LogP contribution in [-0.4, -0.2) is 53.4 Å². The molecule has 2 aromatic rings. The summed E-state index contributed by atoms with van der Waals surface area (Å²) in [4.78, 5) is 5.43. The Morgan fingerprint density at radius 2 is 1.78 bits per heavy atom. The van der Waals surface area contributed by atoms with Crippen LogP contribution in [0.5, 0.6) is 11.5 Å². The maximum absolute atomic E-state index is 9.59. The second-order valence-electron chi connectivity index (χ2n) is 6.14. The van der Waals surface area contributed by atoms with Crippen LogP contribution in [0.25, 0.3) is 11.6 Å². The van der Waals surface area contributed by atoms with Crippen LogP contribution in [0.1, 0.15) is 10.4 Å². The molecule has 0 atom stereocenters. The number of halogens is 1. The van der Waals surface area contributed by atoms with Crippen LogP contribution in [0.2, 0.25) is 0 Å². The quantitative estimate of drug-likeness (QED) is 0.612. The van der Waals surface area contributed by atoms with Crippen molar-refractivity contribution in [3.05, 3.63) is 40.8 Å². The normalized spacial score (nSPS) is 10.9. The van der Waals surface area contributed by atoms with Crippen molar-refractivity contribution < 1.29 is 9.47 Å². The van der Waals surface area contributed by atoms with Crippen LogP contribution in [0.3, 0.4) is 0 Å². The second kappa shape index (κ2) is 10.8. The molecule has 0 aliphatic heterocycles. The lowest BCUT2D eigenvalue weighted by Gasteiger charge is -2.19. The molecule has 0 saturated heterocycles. The van der Waals surface area contributed by atoms with Crippen LogP contribution in [0.15, 0.2) is 30.3 Å². The monoisotopic (exact) mass is 407 g/mol. The zero-order valence-electron chi connectivity index (χ0n) is 16.4. The topological polar surface area (TPSA) is 48.7 Å². The van der Waals surface area contributed by atoms with Gasteiger partial charge in [0.2, 0.25) is 0 Å². The molecule has 0 amide bonds. The van der Waals surface area contributed by atoms with Crippen LogP contribution < -0.4 is 14.4 Å². The van der Waals surface area contributed by atoms with Crippen molar-refractivity contribution in [2.75, 3.05) is 53.4 Å². The first-order valence-corrected chi connectivity index (χ1v) is 9.10. The molecule has 0 saturated carbocycles. The van der Waals surface area contributed by atoms with Gasteiger partial charge in [-0.3, -0.25) is 0 Å². The van der Waals surface area contributed by atoms with Gasteiger partial charge in [0.05, 0.1) is 30.9 Å². The Kier molecular flexibility index (Phi) is 9.16. The number of rotatable bonds is 8. The van der Waals surface area contributed by atoms with Gasteiger partial charge in [-0.05, 0) is 56.1 Å². The minimum atomic E-state index is 0. The molecule has 0 radical (unpaired) electrons. The van der Waals surface area contributed by atoms with Crippen molar-refractivity contribution in [3.8, 4) is 17.6 Å². The van der Waals surface area contributed by atoms with Crippen molar-refractivity contribution in [2.24, 2.45) is 0 Å². The first-order valence-electron chi connectivity index (χ1n) is 8.28. The molecule has 0 unspecified atom stereocenters. The molecule has 2 rings (SSSR count). The fourth-order valence-electron chi connectivity index (χ4n) is 2.41. The van der Waals surface area contributed by atoms with Gasteiger partial charge in [0, 0.05) is 25.0 Å². The highest BCUT2D eigenvalue weighted by Crippen LogP contribution is 2.32. The molecule has 1 aromatic heterocycles. The van der Waals surface area contributed by atoms with Crippen LogP contribution in [0, 0.1) is 11.3 Å². The molecule has 0 N–H and O–H groups in total. The lowest BCUT2D eigenvalue weighted by Crippen LogP contribution is -2.27. The summed E-state index contributed by atoms with van der Waals surface area (Å²) >= 11 is 1.67. The average Bonchev–Trinajstić information content (AvgIpc) is 3.12. The number of hydrogen-bond donors (Lipinski definition) is 0. The number of allylic oxidation sites excluding steroid dienone is 1. The highest BCUT2D eigenvalue weighted by Gasteiger charge is 2.10. The molecule has 0 aliphatic rings. The molecule has 5 nitrogen and oxygen atoms in total. The van der Waals surface area contributed by atoms with E-state index in [1.165, 1.54) is 5.00 Å². The molecule has 0 spiro atoms. The van der Waals surface area contributed by atoms with E-state index in [2.05, 4.69) is 43.1 Å². The van der Waals surface area contributed by atoms with E-state index in [0.717, 1.165) is 23.5 Å². The van der Waals surface area contributed by atoms with Crippen LogP contribution in [0.4, 0.5) is 5.00 Å². The van der Waals surface area contributed by atoms with E-state index in [1.807, 2.05) is 30.3 Å². The third kappa shape index (κ3) is 6.17. The van der Waals surface area contributed by atoms with Gasteiger partial charge in [-0.2, -0.15) is 5.26 Å². The highest BCUT2D eigenvalue weighted by molar-refractivity contribution is 7.17. The minimum Gasteiger partial charge on any atom is -0.493 e. The summed E-state index contributed by atoms with van der Waals surface area (Å²) in [5, 5.41) is 10.8. The number of anilines is 1. The molecular weight excluding hydrogens is 382 g/mol. The Hall–Kier alpha value is -2.20. The van der Waals surface area contributed by atoms with E-state index in [-0.39, 0.29) is 12.4 Å². The van der Waals surface area contributed by atoms with Crippen molar-refractivity contribution in [1.29, 1.82) is 5.26 Å². The molecule has 0 bridgehead atoms. The maximum atomic E-state index is 9.59.